The Labute approximate surface area is 108 Å². The Morgan fingerprint density at radius 2 is 1.59 bits per heavy atom. The monoisotopic (exact) mass is 234 g/mol. The van der Waals surface area contributed by atoms with Crippen LogP contribution in [0.5, 0.6) is 0 Å². The zero-order valence-electron chi connectivity index (χ0n) is 11.7. The molecule has 0 aromatic rings. The van der Waals surface area contributed by atoms with Gasteiger partial charge in [0, 0.05) is 0 Å². The van der Waals surface area contributed by atoms with Gasteiger partial charge in [-0.1, -0.05) is 64.0 Å². The topological polar surface area (TPSA) is 0 Å². The maximum absolute atomic E-state index is 2.66. The number of hydrogen-bond donors (Lipinski definition) is 0. The van der Waals surface area contributed by atoms with E-state index in [4.69, 9.17) is 0 Å². The summed E-state index contributed by atoms with van der Waals surface area (Å²) < 4.78 is 0. The van der Waals surface area contributed by atoms with Crippen LogP contribution in [0.3, 0.4) is 0 Å². The van der Waals surface area contributed by atoms with Gasteiger partial charge in [0.15, 0.2) is 0 Å². The van der Waals surface area contributed by atoms with E-state index >= 15 is 0 Å². The van der Waals surface area contributed by atoms with E-state index in [0.29, 0.717) is 5.41 Å². The van der Waals surface area contributed by atoms with Gasteiger partial charge < -0.3 is 0 Å². The van der Waals surface area contributed by atoms with Crippen molar-refractivity contribution in [3.63, 3.8) is 0 Å². The van der Waals surface area contributed by atoms with Crippen molar-refractivity contribution in [3.05, 3.63) is 12.2 Å². The molecule has 2 aliphatic carbocycles. The van der Waals surface area contributed by atoms with E-state index in [1.165, 1.54) is 77.0 Å². The molecule has 0 nitrogen and oxygen atoms in total. The predicted octanol–water partition coefficient (Wildman–Crippen LogP) is 5.87. The van der Waals surface area contributed by atoms with Gasteiger partial charge in [0.25, 0.3) is 0 Å². The zero-order valence-corrected chi connectivity index (χ0v) is 11.7. The summed E-state index contributed by atoms with van der Waals surface area (Å²) in [6.45, 7) is 2.35. The van der Waals surface area contributed by atoms with Crippen LogP contribution < -0.4 is 0 Å². The van der Waals surface area contributed by atoms with E-state index in [1.807, 2.05) is 0 Å². The van der Waals surface area contributed by atoms with Gasteiger partial charge in [0.2, 0.25) is 0 Å². The Morgan fingerprint density at radius 1 is 0.941 bits per heavy atom. The van der Waals surface area contributed by atoms with Crippen LogP contribution in [0.2, 0.25) is 0 Å². The Bertz CT molecular complexity index is 221. The second-order valence-corrected chi connectivity index (χ2v) is 6.43. The minimum atomic E-state index is 0.602. The van der Waals surface area contributed by atoms with Crippen molar-refractivity contribution in [1.29, 1.82) is 0 Å². The summed E-state index contributed by atoms with van der Waals surface area (Å²) in [5.41, 5.74) is 0.602. The molecule has 2 rings (SSSR count). The van der Waals surface area contributed by atoms with Crippen molar-refractivity contribution in [2.24, 2.45) is 11.3 Å². The van der Waals surface area contributed by atoms with Gasteiger partial charge in [-0.15, -0.1) is 0 Å². The fraction of sp³-hybridized carbons (Fsp3) is 0.882. The molecule has 0 aromatic carbocycles. The van der Waals surface area contributed by atoms with Crippen LogP contribution in [0.15, 0.2) is 12.2 Å². The second kappa shape index (κ2) is 6.61. The molecular weight excluding hydrogens is 204 g/mol. The molecule has 0 heterocycles. The van der Waals surface area contributed by atoms with Crippen LogP contribution in [0.1, 0.15) is 84.0 Å². The van der Waals surface area contributed by atoms with Gasteiger partial charge in [-0.05, 0) is 43.4 Å². The molecule has 0 aliphatic heterocycles. The van der Waals surface area contributed by atoms with Crippen molar-refractivity contribution >= 4 is 0 Å². The molecule has 17 heavy (non-hydrogen) atoms. The summed E-state index contributed by atoms with van der Waals surface area (Å²) in [5.74, 6) is 0.916. The standard InChI is InChI=1S/C17H30/c1-2-12-17(13-7-4-8-14-17)15-11-16-9-5-3-6-10-16/h11,15-16H,2-10,12-14H2,1H3. The van der Waals surface area contributed by atoms with E-state index in [0.717, 1.165) is 5.92 Å². The molecule has 2 saturated carbocycles. The number of rotatable bonds is 4. The van der Waals surface area contributed by atoms with Gasteiger partial charge in [0.1, 0.15) is 0 Å². The minimum Gasteiger partial charge on any atom is -0.0849 e. The van der Waals surface area contributed by atoms with Crippen molar-refractivity contribution in [2.75, 3.05) is 0 Å². The van der Waals surface area contributed by atoms with Crippen LogP contribution in [-0.2, 0) is 0 Å². The molecule has 0 saturated heterocycles. The molecule has 2 aliphatic rings. The maximum Gasteiger partial charge on any atom is -0.0118 e. The first-order valence-electron chi connectivity index (χ1n) is 8.04. The summed E-state index contributed by atoms with van der Waals surface area (Å²) >= 11 is 0. The van der Waals surface area contributed by atoms with Gasteiger partial charge in [-0.25, -0.2) is 0 Å². The Kier molecular flexibility index (Phi) is 5.13. The lowest BCUT2D eigenvalue weighted by atomic mass is 9.70. The molecule has 0 amide bonds. The van der Waals surface area contributed by atoms with Gasteiger partial charge in [-0.2, -0.15) is 0 Å². The average molecular weight is 234 g/mol. The van der Waals surface area contributed by atoms with Crippen molar-refractivity contribution in [2.45, 2.75) is 84.0 Å². The van der Waals surface area contributed by atoms with E-state index in [-0.39, 0.29) is 0 Å². The molecular formula is C17H30. The molecule has 0 radical (unpaired) electrons. The van der Waals surface area contributed by atoms with Crippen molar-refractivity contribution in [3.8, 4) is 0 Å². The fourth-order valence-corrected chi connectivity index (χ4v) is 3.92. The smallest absolute Gasteiger partial charge is 0.0118 e. The summed E-state index contributed by atoms with van der Waals surface area (Å²) in [6, 6.07) is 0. The highest BCUT2D eigenvalue weighted by Gasteiger charge is 2.28. The summed E-state index contributed by atoms with van der Waals surface area (Å²) in [4.78, 5) is 0. The molecule has 0 unspecified atom stereocenters. The average Bonchev–Trinajstić information content (AvgIpc) is 2.39. The van der Waals surface area contributed by atoms with Gasteiger partial charge in [-0.3, -0.25) is 0 Å². The molecule has 0 heteroatoms. The Hall–Kier alpha value is -0.260. The second-order valence-electron chi connectivity index (χ2n) is 6.43. The SMILES string of the molecule is CCCC1(C=CC2CCCCC2)CCCCC1. The third-order valence-electron chi connectivity index (χ3n) is 4.97. The third kappa shape index (κ3) is 3.86. The molecule has 0 atom stereocenters. The van der Waals surface area contributed by atoms with Crippen molar-refractivity contribution < 1.29 is 0 Å². The van der Waals surface area contributed by atoms with Crippen LogP contribution in [-0.4, -0.2) is 0 Å². The lowest BCUT2D eigenvalue weighted by Crippen LogP contribution is -2.21. The first kappa shape index (κ1) is 13.2. The van der Waals surface area contributed by atoms with Crippen LogP contribution in [0, 0.1) is 11.3 Å². The predicted molar refractivity (Wildman–Crippen MR) is 76.1 cm³/mol. The molecule has 0 spiro atoms. The molecule has 2 fully saturated rings. The minimum absolute atomic E-state index is 0.602. The lowest BCUT2D eigenvalue weighted by molar-refractivity contribution is 0.235. The number of hydrogen-bond acceptors (Lipinski definition) is 0. The highest BCUT2D eigenvalue weighted by Crippen LogP contribution is 2.42. The highest BCUT2D eigenvalue weighted by atomic mass is 14.3. The molecule has 98 valence electrons. The third-order valence-corrected chi connectivity index (χ3v) is 4.97. The van der Waals surface area contributed by atoms with E-state index in [1.54, 1.807) is 0 Å². The normalized spacial score (nSPS) is 26.4. The maximum atomic E-state index is 2.66. The fourth-order valence-electron chi connectivity index (χ4n) is 3.92. The Morgan fingerprint density at radius 3 is 2.24 bits per heavy atom. The van der Waals surface area contributed by atoms with Crippen molar-refractivity contribution in [1.82, 2.24) is 0 Å². The van der Waals surface area contributed by atoms with Crippen LogP contribution in [0.25, 0.3) is 0 Å². The van der Waals surface area contributed by atoms with E-state index < -0.39 is 0 Å². The largest absolute Gasteiger partial charge is 0.0849 e. The highest BCUT2D eigenvalue weighted by molar-refractivity contribution is 5.03. The molecule has 0 N–H and O–H groups in total. The van der Waals surface area contributed by atoms with Crippen LogP contribution in [0.4, 0.5) is 0 Å². The first-order valence-corrected chi connectivity index (χ1v) is 8.04. The van der Waals surface area contributed by atoms with Crippen LogP contribution >= 0.6 is 0 Å². The number of allylic oxidation sites excluding steroid dienone is 2. The zero-order chi connectivity index (χ0) is 12.0. The summed E-state index contributed by atoms with van der Waals surface area (Å²) in [5, 5.41) is 0. The van der Waals surface area contributed by atoms with Gasteiger partial charge in [0.05, 0.1) is 0 Å². The van der Waals surface area contributed by atoms with E-state index in [9.17, 15) is 0 Å². The summed E-state index contributed by atoms with van der Waals surface area (Å²) in [7, 11) is 0. The lowest BCUT2D eigenvalue weighted by Gasteiger charge is -2.35. The molecule has 0 aromatic heterocycles. The van der Waals surface area contributed by atoms with E-state index in [2.05, 4.69) is 19.1 Å². The summed E-state index contributed by atoms with van der Waals surface area (Å²) in [6.07, 6.45) is 22.7. The quantitative estimate of drug-likeness (QED) is 0.533. The first-order chi connectivity index (χ1) is 8.35. The molecule has 0 bridgehead atoms. The Balaban J connectivity index is 1.93. The van der Waals surface area contributed by atoms with Gasteiger partial charge >= 0.3 is 0 Å².